The fraction of sp³-hybridized carbons (Fsp3) is 0.643. The Labute approximate surface area is 124 Å². The third-order valence-electron chi connectivity index (χ3n) is 3.52. The summed E-state index contributed by atoms with van der Waals surface area (Å²) in [6, 6.07) is 1.94. The minimum atomic E-state index is -0.0486. The van der Waals surface area contributed by atoms with Gasteiger partial charge in [0.05, 0.1) is 10.7 Å². The minimum absolute atomic E-state index is 0.0486. The van der Waals surface area contributed by atoms with Crippen molar-refractivity contribution in [2.45, 2.75) is 19.8 Å². The van der Waals surface area contributed by atoms with E-state index in [-0.39, 0.29) is 5.91 Å². The Morgan fingerprint density at radius 3 is 2.95 bits per heavy atom. The summed E-state index contributed by atoms with van der Waals surface area (Å²) in [5, 5.41) is 4.00. The van der Waals surface area contributed by atoms with Gasteiger partial charge in [0.2, 0.25) is 0 Å². The van der Waals surface area contributed by atoms with Crippen molar-refractivity contribution in [3.63, 3.8) is 0 Å². The second-order valence-corrected chi connectivity index (χ2v) is 6.30. The fourth-order valence-electron chi connectivity index (χ4n) is 2.31. The number of nitrogen functional groups attached to an aromatic ring is 1. The molecule has 20 heavy (non-hydrogen) atoms. The molecule has 1 fully saturated rings. The monoisotopic (exact) mass is 296 g/mol. The molecule has 1 aromatic heterocycles. The molecule has 0 radical (unpaired) electrons. The summed E-state index contributed by atoms with van der Waals surface area (Å²) in [4.78, 5) is 17.4. The molecule has 0 aliphatic carbocycles. The third-order valence-corrected chi connectivity index (χ3v) is 4.73. The number of nitrogens with two attached hydrogens (primary N) is 1. The van der Waals surface area contributed by atoms with E-state index in [0.29, 0.717) is 17.1 Å². The van der Waals surface area contributed by atoms with Gasteiger partial charge in [-0.1, -0.05) is 6.92 Å². The Hall–Kier alpha value is -1.27. The SMILES string of the molecule is CCCNC(=O)c1sc(N2CCCN(C)CC2)cc1N. The van der Waals surface area contributed by atoms with Gasteiger partial charge in [-0.15, -0.1) is 11.3 Å². The fourth-order valence-corrected chi connectivity index (χ4v) is 3.36. The van der Waals surface area contributed by atoms with E-state index < -0.39 is 0 Å². The largest absolute Gasteiger partial charge is 0.397 e. The van der Waals surface area contributed by atoms with Gasteiger partial charge in [0.25, 0.3) is 5.91 Å². The van der Waals surface area contributed by atoms with Crippen molar-refractivity contribution in [2.24, 2.45) is 0 Å². The first-order valence-corrected chi connectivity index (χ1v) is 8.04. The maximum Gasteiger partial charge on any atom is 0.263 e. The molecule has 3 N–H and O–H groups in total. The molecule has 6 heteroatoms. The van der Waals surface area contributed by atoms with E-state index >= 15 is 0 Å². The second kappa shape index (κ2) is 6.95. The Morgan fingerprint density at radius 2 is 2.20 bits per heavy atom. The number of carbonyl (C=O) groups is 1. The maximum atomic E-state index is 12.0. The first kappa shape index (κ1) is 15.1. The van der Waals surface area contributed by atoms with Gasteiger partial charge < -0.3 is 20.9 Å². The summed E-state index contributed by atoms with van der Waals surface area (Å²) < 4.78 is 0. The number of nitrogens with zero attached hydrogens (tertiary/aromatic N) is 2. The summed E-state index contributed by atoms with van der Waals surface area (Å²) >= 11 is 1.51. The van der Waals surface area contributed by atoms with Crippen molar-refractivity contribution in [2.75, 3.05) is 50.4 Å². The predicted octanol–water partition coefficient (Wildman–Crippen LogP) is 1.61. The van der Waals surface area contributed by atoms with Crippen molar-refractivity contribution in [3.8, 4) is 0 Å². The molecule has 1 amide bonds. The van der Waals surface area contributed by atoms with Crippen LogP contribution in [0.2, 0.25) is 0 Å². The lowest BCUT2D eigenvalue weighted by molar-refractivity contribution is 0.0958. The lowest BCUT2D eigenvalue weighted by Gasteiger charge is -2.20. The van der Waals surface area contributed by atoms with Crippen LogP contribution >= 0.6 is 11.3 Å². The summed E-state index contributed by atoms with van der Waals surface area (Å²) in [5.74, 6) is -0.0486. The van der Waals surface area contributed by atoms with Gasteiger partial charge in [0.1, 0.15) is 4.88 Å². The number of rotatable bonds is 4. The molecule has 5 nitrogen and oxygen atoms in total. The van der Waals surface area contributed by atoms with Crippen LogP contribution in [0.4, 0.5) is 10.7 Å². The molecule has 1 aromatic rings. The Bertz CT molecular complexity index is 460. The average molecular weight is 296 g/mol. The molecule has 1 saturated heterocycles. The highest BCUT2D eigenvalue weighted by molar-refractivity contribution is 7.18. The van der Waals surface area contributed by atoms with E-state index in [2.05, 4.69) is 22.2 Å². The molecule has 2 heterocycles. The van der Waals surface area contributed by atoms with Gasteiger partial charge in [-0.25, -0.2) is 0 Å². The quantitative estimate of drug-likeness (QED) is 0.886. The normalized spacial score (nSPS) is 17.0. The first-order chi connectivity index (χ1) is 9.61. The number of nitrogens with one attached hydrogen (secondary N) is 1. The molecule has 1 aliphatic heterocycles. The average Bonchev–Trinajstić information content (AvgIpc) is 2.68. The first-order valence-electron chi connectivity index (χ1n) is 7.22. The molecule has 0 bridgehead atoms. The zero-order valence-electron chi connectivity index (χ0n) is 12.3. The number of hydrogen-bond acceptors (Lipinski definition) is 5. The molecule has 112 valence electrons. The molecule has 1 aliphatic rings. The molecule has 0 spiro atoms. The lowest BCUT2D eigenvalue weighted by atomic mass is 10.3. The number of thiophene rings is 1. The van der Waals surface area contributed by atoms with E-state index in [1.54, 1.807) is 0 Å². The Balaban J connectivity index is 2.08. The van der Waals surface area contributed by atoms with Crippen LogP contribution < -0.4 is 16.0 Å². The van der Waals surface area contributed by atoms with Gasteiger partial charge in [0.15, 0.2) is 0 Å². The third kappa shape index (κ3) is 3.64. The topological polar surface area (TPSA) is 61.6 Å². The summed E-state index contributed by atoms with van der Waals surface area (Å²) in [6.45, 7) is 6.93. The van der Waals surface area contributed by atoms with Crippen LogP contribution in [0.1, 0.15) is 29.4 Å². The summed E-state index contributed by atoms with van der Waals surface area (Å²) in [7, 11) is 2.15. The van der Waals surface area contributed by atoms with Crippen molar-refractivity contribution in [3.05, 3.63) is 10.9 Å². The van der Waals surface area contributed by atoms with Crippen LogP contribution in [0.5, 0.6) is 0 Å². The number of anilines is 2. The van der Waals surface area contributed by atoms with Gasteiger partial charge >= 0.3 is 0 Å². The molecule has 2 rings (SSSR count). The summed E-state index contributed by atoms with van der Waals surface area (Å²) in [5.41, 5.74) is 6.59. The standard InChI is InChI=1S/C14H24N4OS/c1-3-5-16-14(19)13-11(15)10-12(20-13)18-7-4-6-17(2)8-9-18/h10H,3-9,15H2,1-2H3,(H,16,19). The van der Waals surface area contributed by atoms with E-state index in [4.69, 9.17) is 5.73 Å². The maximum absolute atomic E-state index is 12.0. The number of likely N-dealkylation sites (N-methyl/N-ethyl adjacent to an activating group) is 1. The Kier molecular flexibility index (Phi) is 5.25. The smallest absolute Gasteiger partial charge is 0.263 e. The van der Waals surface area contributed by atoms with Crippen molar-refractivity contribution >= 4 is 27.9 Å². The highest BCUT2D eigenvalue weighted by Gasteiger charge is 2.19. The van der Waals surface area contributed by atoms with Crippen molar-refractivity contribution in [1.29, 1.82) is 0 Å². The van der Waals surface area contributed by atoms with E-state index in [0.717, 1.165) is 44.0 Å². The van der Waals surface area contributed by atoms with Gasteiger partial charge in [-0.3, -0.25) is 4.79 Å². The highest BCUT2D eigenvalue weighted by Crippen LogP contribution is 2.32. The lowest BCUT2D eigenvalue weighted by Crippen LogP contribution is -2.28. The van der Waals surface area contributed by atoms with Crippen LogP contribution in [0.15, 0.2) is 6.07 Å². The molecular formula is C14H24N4OS. The van der Waals surface area contributed by atoms with Crippen LogP contribution in [-0.2, 0) is 0 Å². The second-order valence-electron chi connectivity index (χ2n) is 5.27. The molecular weight excluding hydrogens is 272 g/mol. The zero-order chi connectivity index (χ0) is 14.5. The van der Waals surface area contributed by atoms with Crippen LogP contribution in [0, 0.1) is 0 Å². The van der Waals surface area contributed by atoms with Crippen molar-refractivity contribution < 1.29 is 4.79 Å². The van der Waals surface area contributed by atoms with Crippen LogP contribution in [-0.4, -0.2) is 50.6 Å². The van der Waals surface area contributed by atoms with E-state index in [1.807, 2.05) is 13.0 Å². The number of hydrogen-bond donors (Lipinski definition) is 2. The number of carbonyl (C=O) groups excluding carboxylic acids is 1. The van der Waals surface area contributed by atoms with E-state index in [1.165, 1.54) is 11.3 Å². The highest BCUT2D eigenvalue weighted by atomic mass is 32.1. The van der Waals surface area contributed by atoms with Crippen LogP contribution in [0.25, 0.3) is 0 Å². The van der Waals surface area contributed by atoms with Gasteiger partial charge in [0, 0.05) is 26.2 Å². The zero-order valence-corrected chi connectivity index (χ0v) is 13.1. The number of amides is 1. The molecule has 0 aromatic carbocycles. The Morgan fingerprint density at radius 1 is 1.40 bits per heavy atom. The predicted molar refractivity (Wildman–Crippen MR) is 85.7 cm³/mol. The molecule has 0 atom stereocenters. The van der Waals surface area contributed by atoms with Gasteiger partial charge in [-0.2, -0.15) is 0 Å². The van der Waals surface area contributed by atoms with Crippen molar-refractivity contribution in [1.82, 2.24) is 10.2 Å². The molecule has 0 unspecified atom stereocenters. The van der Waals surface area contributed by atoms with Crippen LogP contribution in [0.3, 0.4) is 0 Å². The minimum Gasteiger partial charge on any atom is -0.397 e. The summed E-state index contributed by atoms with van der Waals surface area (Å²) in [6.07, 6.45) is 2.08. The van der Waals surface area contributed by atoms with Gasteiger partial charge in [-0.05, 0) is 32.5 Å². The van der Waals surface area contributed by atoms with E-state index in [9.17, 15) is 4.79 Å². The molecule has 0 saturated carbocycles.